The average Bonchev–Trinajstić information content (AvgIpc) is 3.07. The van der Waals surface area contributed by atoms with E-state index in [0.717, 1.165) is 24.8 Å². The second-order valence-corrected chi connectivity index (χ2v) is 11.5. The van der Waals surface area contributed by atoms with Gasteiger partial charge in [-0.05, 0) is 80.9 Å². The van der Waals surface area contributed by atoms with Crippen molar-refractivity contribution in [2.75, 3.05) is 26.2 Å². The van der Waals surface area contributed by atoms with Gasteiger partial charge in [-0.15, -0.1) is 12.4 Å². The van der Waals surface area contributed by atoms with Gasteiger partial charge in [0, 0.05) is 11.8 Å². The lowest BCUT2D eigenvalue weighted by molar-refractivity contribution is -0.184. The van der Waals surface area contributed by atoms with Crippen LogP contribution in [0.5, 0.6) is 0 Å². The van der Waals surface area contributed by atoms with Crippen molar-refractivity contribution < 1.29 is 29.3 Å². The molecule has 7 nitrogen and oxygen atoms in total. The number of hydrogen-bond donors (Lipinski definition) is 2. The molecule has 4 aliphatic rings. The van der Waals surface area contributed by atoms with E-state index in [1.165, 1.54) is 0 Å². The smallest absolute Gasteiger partial charge is 0.320 e. The summed E-state index contributed by atoms with van der Waals surface area (Å²) in [5.74, 6) is -0.411. The van der Waals surface area contributed by atoms with Crippen molar-refractivity contribution in [1.29, 1.82) is 0 Å². The van der Waals surface area contributed by atoms with Gasteiger partial charge in [0.05, 0.1) is 12.6 Å². The highest BCUT2D eigenvalue weighted by Gasteiger charge is 2.68. The van der Waals surface area contributed by atoms with Gasteiger partial charge in [-0.2, -0.15) is 0 Å². The van der Waals surface area contributed by atoms with Crippen molar-refractivity contribution in [3.63, 3.8) is 0 Å². The Kier molecular flexibility index (Phi) is 8.27. The van der Waals surface area contributed by atoms with Crippen LogP contribution in [0.25, 0.3) is 0 Å². The molecule has 35 heavy (non-hydrogen) atoms. The van der Waals surface area contributed by atoms with Crippen molar-refractivity contribution in [2.45, 2.75) is 84.3 Å². The van der Waals surface area contributed by atoms with Gasteiger partial charge in [-0.25, -0.2) is 0 Å². The Hall–Kier alpha value is -1.28. The quantitative estimate of drug-likeness (QED) is 0.506. The first-order valence-electron chi connectivity index (χ1n) is 13.1. The Morgan fingerprint density at radius 3 is 2.49 bits per heavy atom. The molecule has 198 valence electrons. The first-order valence-corrected chi connectivity index (χ1v) is 13.1. The first kappa shape index (κ1) is 28.3. The zero-order valence-electron chi connectivity index (χ0n) is 21.5. The predicted molar refractivity (Wildman–Crippen MR) is 134 cm³/mol. The number of Topliss-reactive ketones (excluding diaryl/α,β-unsaturated/α-hetero) is 1. The van der Waals surface area contributed by atoms with Crippen LogP contribution in [0.15, 0.2) is 11.6 Å². The topological polar surface area (TPSA) is 104 Å². The number of ether oxygens (including phenoxy) is 1. The Morgan fingerprint density at radius 2 is 1.83 bits per heavy atom. The second-order valence-electron chi connectivity index (χ2n) is 11.5. The van der Waals surface area contributed by atoms with Crippen molar-refractivity contribution in [1.82, 2.24) is 4.90 Å². The summed E-state index contributed by atoms with van der Waals surface area (Å²) in [6, 6.07) is 0. The van der Waals surface area contributed by atoms with Crippen molar-refractivity contribution >= 4 is 29.9 Å². The van der Waals surface area contributed by atoms with E-state index in [4.69, 9.17) is 4.74 Å². The lowest BCUT2D eigenvalue weighted by Crippen LogP contribution is -2.62. The number of ketones is 2. The molecule has 0 spiro atoms. The summed E-state index contributed by atoms with van der Waals surface area (Å²) in [7, 11) is 0. The molecule has 4 aliphatic carbocycles. The largest absolute Gasteiger partial charge is 0.457 e. The van der Waals surface area contributed by atoms with Crippen LogP contribution >= 0.6 is 12.4 Å². The van der Waals surface area contributed by atoms with Crippen LogP contribution in [0.3, 0.4) is 0 Å². The normalized spacial score (nSPS) is 40.2. The molecule has 0 aliphatic heterocycles. The van der Waals surface area contributed by atoms with Gasteiger partial charge in [0.2, 0.25) is 5.78 Å². The molecule has 7 atom stereocenters. The highest BCUT2D eigenvalue weighted by Crippen LogP contribution is 2.67. The summed E-state index contributed by atoms with van der Waals surface area (Å²) in [5, 5.41) is 23.2. The maximum absolute atomic E-state index is 13.3. The Morgan fingerprint density at radius 1 is 1.14 bits per heavy atom. The number of aliphatic hydroxyl groups excluding tert-OH is 1. The van der Waals surface area contributed by atoms with E-state index in [-0.39, 0.29) is 47.9 Å². The predicted octanol–water partition coefficient (Wildman–Crippen LogP) is 3.10. The highest BCUT2D eigenvalue weighted by atomic mass is 35.5. The lowest BCUT2D eigenvalue weighted by atomic mass is 9.45. The molecule has 0 aromatic carbocycles. The summed E-state index contributed by atoms with van der Waals surface area (Å²) in [6.45, 7) is 9.17. The van der Waals surface area contributed by atoms with Crippen LogP contribution in [-0.2, 0) is 19.1 Å². The number of hydrogen-bond acceptors (Lipinski definition) is 7. The molecule has 2 N–H and O–H groups in total. The van der Waals surface area contributed by atoms with E-state index >= 15 is 0 Å². The Bertz CT molecular complexity index is 887. The number of carbonyl (C=O) groups excluding carboxylic acids is 3. The fourth-order valence-corrected chi connectivity index (χ4v) is 8.09. The molecule has 0 aromatic heterocycles. The molecule has 0 radical (unpaired) electrons. The zero-order chi connectivity index (χ0) is 24.9. The van der Waals surface area contributed by atoms with E-state index in [1.807, 2.05) is 25.7 Å². The standard InChI is InChI=1S/C27H41NO6.ClH/c1-5-28(6-2)15-23(32)34-16-22(31)27(33)12-10-20-19-8-7-17-13-18(29)9-11-25(17,3)24(19)21(30)14-26(20,27)4;/h13,19-21,24,30,33H,5-12,14-16H2,1-4H3;1H/t19-,20-,21-,24?,25-,26-,27-;/m0./s1. The minimum Gasteiger partial charge on any atom is -0.457 e. The number of rotatable bonds is 7. The van der Waals surface area contributed by atoms with Gasteiger partial charge in [-0.1, -0.05) is 33.3 Å². The number of likely N-dealkylation sites (N-methyl/N-ethyl adjacent to an activating group) is 1. The number of halogens is 1. The highest BCUT2D eigenvalue weighted by molar-refractivity contribution is 5.92. The summed E-state index contributed by atoms with van der Waals surface area (Å²) in [6.07, 6.45) is 5.49. The maximum atomic E-state index is 13.3. The van der Waals surface area contributed by atoms with Gasteiger partial charge >= 0.3 is 5.97 Å². The zero-order valence-corrected chi connectivity index (χ0v) is 22.4. The van der Waals surface area contributed by atoms with Crippen LogP contribution in [0.2, 0.25) is 0 Å². The molecular weight excluding hydrogens is 470 g/mol. The molecule has 0 aromatic rings. The van der Waals surface area contributed by atoms with Crippen LogP contribution in [0.4, 0.5) is 0 Å². The third kappa shape index (κ3) is 4.51. The van der Waals surface area contributed by atoms with E-state index in [9.17, 15) is 24.6 Å². The van der Waals surface area contributed by atoms with Gasteiger partial charge < -0.3 is 14.9 Å². The van der Waals surface area contributed by atoms with Gasteiger partial charge in [-0.3, -0.25) is 19.3 Å². The summed E-state index contributed by atoms with van der Waals surface area (Å²) in [5.41, 5.74) is -1.42. The minimum absolute atomic E-state index is 0. The molecule has 1 unspecified atom stereocenters. The molecule has 4 rings (SSSR count). The molecular formula is C27H42ClNO6. The minimum atomic E-state index is -1.61. The van der Waals surface area contributed by atoms with Crippen molar-refractivity contribution in [3.8, 4) is 0 Å². The van der Waals surface area contributed by atoms with Crippen LogP contribution in [-0.4, -0.2) is 70.6 Å². The fourth-order valence-electron chi connectivity index (χ4n) is 8.09. The van der Waals surface area contributed by atoms with E-state index < -0.39 is 35.5 Å². The van der Waals surface area contributed by atoms with Crippen LogP contribution < -0.4 is 0 Å². The molecule has 0 bridgehead atoms. The first-order chi connectivity index (χ1) is 16.0. The van der Waals surface area contributed by atoms with E-state index in [2.05, 4.69) is 6.92 Å². The number of aliphatic hydroxyl groups is 2. The van der Waals surface area contributed by atoms with Crippen LogP contribution in [0, 0.1) is 28.6 Å². The summed E-state index contributed by atoms with van der Waals surface area (Å²) in [4.78, 5) is 39.5. The van der Waals surface area contributed by atoms with Gasteiger partial charge in [0.1, 0.15) is 5.60 Å². The molecule has 3 saturated carbocycles. The Balaban J connectivity index is 0.00000342. The molecule has 0 heterocycles. The fraction of sp³-hybridized carbons (Fsp3) is 0.815. The number of nitrogens with zero attached hydrogens (tertiary/aromatic N) is 1. The molecule has 8 heteroatoms. The Labute approximate surface area is 215 Å². The molecule has 0 amide bonds. The maximum Gasteiger partial charge on any atom is 0.320 e. The SMILES string of the molecule is CCN(CC)CC(=O)OCC(=O)[C@@]1(O)CC[C@H]2[C@@H]3CCC4=CC(=O)CC[C@]4(C)C3[C@@H](O)C[C@@]21C.Cl. The number of esters is 1. The molecule has 0 saturated heterocycles. The summed E-state index contributed by atoms with van der Waals surface area (Å²) < 4.78 is 5.28. The monoisotopic (exact) mass is 511 g/mol. The van der Waals surface area contributed by atoms with E-state index in [0.29, 0.717) is 38.8 Å². The third-order valence-electron chi connectivity index (χ3n) is 10.1. The summed E-state index contributed by atoms with van der Waals surface area (Å²) >= 11 is 0. The third-order valence-corrected chi connectivity index (χ3v) is 10.1. The van der Waals surface area contributed by atoms with Crippen molar-refractivity contribution in [3.05, 3.63) is 11.6 Å². The average molecular weight is 512 g/mol. The lowest BCUT2D eigenvalue weighted by Gasteiger charge is -2.60. The number of fused-ring (bicyclic) bond motifs is 5. The van der Waals surface area contributed by atoms with Gasteiger partial charge in [0.15, 0.2) is 12.4 Å². The van der Waals surface area contributed by atoms with Crippen LogP contribution in [0.1, 0.15) is 72.6 Å². The van der Waals surface area contributed by atoms with Gasteiger partial charge in [0.25, 0.3) is 0 Å². The van der Waals surface area contributed by atoms with E-state index in [1.54, 1.807) is 6.08 Å². The molecule has 3 fully saturated rings. The second kappa shape index (κ2) is 10.2. The number of carbonyl (C=O) groups is 3. The number of allylic oxidation sites excluding steroid dienone is 1. The van der Waals surface area contributed by atoms with Crippen molar-refractivity contribution in [2.24, 2.45) is 28.6 Å².